The second-order valence-corrected chi connectivity index (χ2v) is 4.89. The lowest BCUT2D eigenvalue weighted by molar-refractivity contribution is -0.130. The zero-order valence-corrected chi connectivity index (χ0v) is 11.6. The van der Waals surface area contributed by atoms with Gasteiger partial charge in [0.05, 0.1) is 0 Å². The van der Waals surface area contributed by atoms with Gasteiger partial charge in [0, 0.05) is 38.2 Å². The third-order valence-corrected chi connectivity index (χ3v) is 3.51. The van der Waals surface area contributed by atoms with Gasteiger partial charge in [0.2, 0.25) is 5.91 Å². The van der Waals surface area contributed by atoms with Gasteiger partial charge in [0.15, 0.2) is 0 Å². The van der Waals surface area contributed by atoms with E-state index in [1.165, 1.54) is 18.2 Å². The molecule has 0 unspecified atom stereocenters. The minimum atomic E-state index is -0.409. The van der Waals surface area contributed by atoms with E-state index in [4.69, 9.17) is 0 Å². The molecule has 0 aromatic heterocycles. The predicted molar refractivity (Wildman–Crippen MR) is 73.8 cm³/mol. The average molecular weight is 278 g/mol. The van der Waals surface area contributed by atoms with Crippen LogP contribution in [0.1, 0.15) is 30.1 Å². The first-order chi connectivity index (χ1) is 9.61. The molecule has 1 fully saturated rings. The van der Waals surface area contributed by atoms with E-state index in [0.717, 1.165) is 6.42 Å². The zero-order valence-electron chi connectivity index (χ0n) is 11.6. The van der Waals surface area contributed by atoms with Crippen LogP contribution in [0.4, 0.5) is 4.39 Å². The molecule has 1 saturated heterocycles. The van der Waals surface area contributed by atoms with Crippen LogP contribution in [0.5, 0.6) is 0 Å². The van der Waals surface area contributed by atoms with E-state index in [9.17, 15) is 14.0 Å². The van der Waals surface area contributed by atoms with E-state index in [0.29, 0.717) is 38.2 Å². The molecule has 2 rings (SSSR count). The van der Waals surface area contributed by atoms with Crippen molar-refractivity contribution in [1.82, 2.24) is 9.80 Å². The summed E-state index contributed by atoms with van der Waals surface area (Å²) in [4.78, 5) is 27.5. The van der Waals surface area contributed by atoms with Crippen molar-refractivity contribution in [3.8, 4) is 0 Å². The van der Waals surface area contributed by atoms with Gasteiger partial charge in [-0.05, 0) is 24.6 Å². The van der Waals surface area contributed by atoms with Gasteiger partial charge in [-0.3, -0.25) is 9.59 Å². The number of hydrogen-bond acceptors (Lipinski definition) is 2. The van der Waals surface area contributed by atoms with Gasteiger partial charge < -0.3 is 9.80 Å². The summed E-state index contributed by atoms with van der Waals surface area (Å²) in [5.74, 6) is -0.464. The number of hydrogen-bond donors (Lipinski definition) is 0. The first-order valence-electron chi connectivity index (χ1n) is 6.94. The van der Waals surface area contributed by atoms with Crippen molar-refractivity contribution in [2.24, 2.45) is 0 Å². The smallest absolute Gasteiger partial charge is 0.254 e. The van der Waals surface area contributed by atoms with Crippen molar-refractivity contribution in [3.05, 3.63) is 35.6 Å². The van der Waals surface area contributed by atoms with Crippen LogP contribution < -0.4 is 0 Å². The largest absolute Gasteiger partial charge is 0.341 e. The number of halogens is 1. The quantitative estimate of drug-likeness (QED) is 0.829. The van der Waals surface area contributed by atoms with E-state index in [1.807, 2.05) is 6.92 Å². The summed E-state index contributed by atoms with van der Waals surface area (Å²) < 4.78 is 13.2. The highest BCUT2D eigenvalue weighted by atomic mass is 19.1. The van der Waals surface area contributed by atoms with Crippen molar-refractivity contribution in [3.63, 3.8) is 0 Å². The molecule has 4 nitrogen and oxygen atoms in total. The molecule has 2 amide bonds. The minimum absolute atomic E-state index is 0.116. The van der Waals surface area contributed by atoms with Crippen LogP contribution in [-0.2, 0) is 4.79 Å². The molecular weight excluding hydrogens is 259 g/mol. The number of carbonyl (C=O) groups is 2. The van der Waals surface area contributed by atoms with Crippen molar-refractivity contribution in [1.29, 1.82) is 0 Å². The Labute approximate surface area is 118 Å². The molecule has 1 aromatic carbocycles. The molecule has 0 radical (unpaired) electrons. The molecule has 1 aromatic rings. The van der Waals surface area contributed by atoms with Gasteiger partial charge >= 0.3 is 0 Å². The van der Waals surface area contributed by atoms with Crippen LogP contribution in [0.15, 0.2) is 24.3 Å². The Kier molecular flexibility index (Phi) is 4.71. The van der Waals surface area contributed by atoms with E-state index in [-0.39, 0.29) is 11.8 Å². The summed E-state index contributed by atoms with van der Waals surface area (Å²) in [6.07, 6.45) is 1.24. The third kappa shape index (κ3) is 3.35. The number of carbonyl (C=O) groups excluding carboxylic acids is 2. The Morgan fingerprint density at radius 1 is 1.15 bits per heavy atom. The van der Waals surface area contributed by atoms with Crippen LogP contribution in [0.2, 0.25) is 0 Å². The van der Waals surface area contributed by atoms with E-state index < -0.39 is 5.82 Å². The first-order valence-corrected chi connectivity index (χ1v) is 6.94. The van der Waals surface area contributed by atoms with E-state index in [2.05, 4.69) is 0 Å². The summed E-state index contributed by atoms with van der Waals surface area (Å²) >= 11 is 0. The molecule has 0 aliphatic carbocycles. The molecule has 1 heterocycles. The molecule has 108 valence electrons. The van der Waals surface area contributed by atoms with Crippen molar-refractivity contribution in [2.45, 2.75) is 19.8 Å². The Hall–Kier alpha value is -1.91. The monoisotopic (exact) mass is 278 g/mol. The van der Waals surface area contributed by atoms with Crippen LogP contribution in [-0.4, -0.2) is 47.8 Å². The van der Waals surface area contributed by atoms with Gasteiger partial charge in [-0.2, -0.15) is 0 Å². The summed E-state index contributed by atoms with van der Waals surface area (Å²) in [5, 5.41) is 0. The van der Waals surface area contributed by atoms with Crippen LogP contribution in [0.25, 0.3) is 0 Å². The maximum Gasteiger partial charge on any atom is 0.254 e. The Bertz CT molecular complexity index is 504. The first kappa shape index (κ1) is 14.5. The maximum absolute atomic E-state index is 13.2. The summed E-state index contributed by atoms with van der Waals surface area (Å²) in [5.41, 5.74) is 0.361. The summed E-state index contributed by atoms with van der Waals surface area (Å²) in [6.45, 7) is 4.17. The third-order valence-electron chi connectivity index (χ3n) is 3.51. The molecule has 0 N–H and O–H groups in total. The molecule has 0 spiro atoms. The predicted octanol–water partition coefficient (Wildman–Crippen LogP) is 1.91. The molecule has 1 aliphatic heterocycles. The maximum atomic E-state index is 13.2. The fraction of sp³-hybridized carbons (Fsp3) is 0.467. The van der Waals surface area contributed by atoms with Crippen LogP contribution in [0, 0.1) is 5.82 Å². The standard InChI is InChI=1S/C15H19FN2O2/c1-2-14(19)17-7-4-8-18(10-9-17)15(20)12-5-3-6-13(16)11-12/h3,5-6,11H,2,4,7-10H2,1H3. The normalized spacial score (nSPS) is 15.9. The van der Waals surface area contributed by atoms with Gasteiger partial charge in [-0.25, -0.2) is 4.39 Å². The number of amides is 2. The molecule has 0 saturated carbocycles. The Morgan fingerprint density at radius 2 is 1.85 bits per heavy atom. The lowest BCUT2D eigenvalue weighted by Crippen LogP contribution is -2.37. The zero-order chi connectivity index (χ0) is 14.5. The Morgan fingerprint density at radius 3 is 2.55 bits per heavy atom. The van der Waals surface area contributed by atoms with Gasteiger partial charge in [-0.1, -0.05) is 13.0 Å². The second kappa shape index (κ2) is 6.50. The fourth-order valence-electron chi connectivity index (χ4n) is 2.40. The van der Waals surface area contributed by atoms with Crippen molar-refractivity contribution < 1.29 is 14.0 Å². The highest BCUT2D eigenvalue weighted by Gasteiger charge is 2.22. The summed E-state index contributed by atoms with van der Waals surface area (Å²) in [7, 11) is 0. The number of rotatable bonds is 2. The molecular formula is C15H19FN2O2. The average Bonchev–Trinajstić information content (AvgIpc) is 2.71. The minimum Gasteiger partial charge on any atom is -0.341 e. The van der Waals surface area contributed by atoms with Crippen molar-refractivity contribution in [2.75, 3.05) is 26.2 Å². The number of nitrogens with zero attached hydrogens (tertiary/aromatic N) is 2. The summed E-state index contributed by atoms with van der Waals surface area (Å²) in [6, 6.07) is 5.72. The SMILES string of the molecule is CCC(=O)N1CCCN(C(=O)c2cccc(F)c2)CC1. The highest BCUT2D eigenvalue weighted by molar-refractivity contribution is 5.94. The molecule has 1 aliphatic rings. The fourth-order valence-corrected chi connectivity index (χ4v) is 2.40. The van der Waals surface area contributed by atoms with E-state index in [1.54, 1.807) is 15.9 Å². The molecule has 0 atom stereocenters. The second-order valence-electron chi connectivity index (χ2n) is 4.89. The molecule has 5 heteroatoms. The van der Waals surface area contributed by atoms with Gasteiger partial charge in [0.25, 0.3) is 5.91 Å². The Balaban J connectivity index is 2.03. The number of benzene rings is 1. The van der Waals surface area contributed by atoms with Crippen molar-refractivity contribution >= 4 is 11.8 Å². The van der Waals surface area contributed by atoms with Gasteiger partial charge in [-0.15, -0.1) is 0 Å². The highest BCUT2D eigenvalue weighted by Crippen LogP contribution is 2.11. The lowest BCUT2D eigenvalue weighted by atomic mass is 10.2. The van der Waals surface area contributed by atoms with Crippen LogP contribution in [0.3, 0.4) is 0 Å². The van der Waals surface area contributed by atoms with Crippen LogP contribution >= 0.6 is 0 Å². The molecule has 20 heavy (non-hydrogen) atoms. The molecule has 0 bridgehead atoms. The van der Waals surface area contributed by atoms with Gasteiger partial charge in [0.1, 0.15) is 5.82 Å². The van der Waals surface area contributed by atoms with E-state index >= 15 is 0 Å². The lowest BCUT2D eigenvalue weighted by Gasteiger charge is -2.22. The topological polar surface area (TPSA) is 40.6 Å².